The van der Waals surface area contributed by atoms with Crippen LogP contribution in [0.25, 0.3) is 0 Å². The molecule has 0 saturated carbocycles. The van der Waals surface area contributed by atoms with Crippen molar-refractivity contribution in [1.29, 1.82) is 0 Å². The smallest absolute Gasteiger partial charge is 0.369 e. The Hall–Kier alpha value is -1.14. The minimum Gasteiger partial charge on any atom is -0.369 e. The molecule has 13 heavy (non-hydrogen) atoms. The molecule has 0 aromatic heterocycles. The van der Waals surface area contributed by atoms with E-state index in [0.717, 1.165) is 0 Å². The summed E-state index contributed by atoms with van der Waals surface area (Å²) in [5.41, 5.74) is 10.2. The van der Waals surface area contributed by atoms with Crippen LogP contribution in [0.3, 0.4) is 0 Å². The number of urea groups is 1. The van der Waals surface area contributed by atoms with E-state index in [-0.39, 0.29) is 17.6 Å². The Kier molecular flexibility index (Phi) is 3.83. The number of hydrogen-bond acceptors (Lipinski definition) is 3. The van der Waals surface area contributed by atoms with Gasteiger partial charge in [0.2, 0.25) is 5.91 Å². The highest BCUT2D eigenvalue weighted by molar-refractivity contribution is 5.74. The van der Waals surface area contributed by atoms with Gasteiger partial charge in [-0.1, -0.05) is 0 Å². The molecule has 0 saturated heterocycles. The van der Waals surface area contributed by atoms with E-state index in [1.807, 2.05) is 0 Å². The second-order valence-electron chi connectivity index (χ2n) is 3.26. The predicted octanol–water partition coefficient (Wildman–Crippen LogP) is -1.14. The van der Waals surface area contributed by atoms with Crippen molar-refractivity contribution < 1.29 is 14.2 Å². The highest BCUT2D eigenvalue weighted by Gasteiger charge is 2.32. The van der Waals surface area contributed by atoms with Crippen LogP contribution in [0.1, 0.15) is 6.42 Å². The van der Waals surface area contributed by atoms with Crippen LogP contribution in [0.5, 0.6) is 0 Å². The lowest BCUT2D eigenvalue weighted by molar-refractivity contribution is -0.941. The van der Waals surface area contributed by atoms with Crippen LogP contribution in [-0.2, 0) is 4.79 Å². The van der Waals surface area contributed by atoms with Crippen molar-refractivity contribution in [1.82, 2.24) is 5.01 Å². The Bertz CT molecular complexity index is 217. The molecule has 0 spiro atoms. The van der Waals surface area contributed by atoms with Crippen LogP contribution in [0.2, 0.25) is 0 Å². The van der Waals surface area contributed by atoms with E-state index in [4.69, 9.17) is 11.5 Å². The lowest BCUT2D eigenvalue weighted by Gasteiger charge is -2.33. The standard InChI is InChI=1S/C7H16N4O2/c1-10(2)11(3,7(9)13)5-4-6(8)12/h4-5H2,1-3H3,(H3-,8,9,12,13)/p+1. The Labute approximate surface area is 77.6 Å². The van der Waals surface area contributed by atoms with E-state index < -0.39 is 11.9 Å². The molecular weight excluding hydrogens is 172 g/mol. The molecule has 1 unspecified atom stereocenters. The number of primary amides is 2. The quantitative estimate of drug-likeness (QED) is 0.433. The summed E-state index contributed by atoms with van der Waals surface area (Å²) in [4.78, 5) is 21.6. The minimum atomic E-state index is -0.508. The Morgan fingerprint density at radius 3 is 2.00 bits per heavy atom. The number of carbonyl (C=O) groups excluding carboxylic acids is 2. The van der Waals surface area contributed by atoms with Crippen molar-refractivity contribution in [2.75, 3.05) is 27.7 Å². The van der Waals surface area contributed by atoms with E-state index in [0.29, 0.717) is 0 Å². The molecule has 0 aliphatic rings. The third kappa shape index (κ3) is 3.00. The summed E-state index contributed by atoms with van der Waals surface area (Å²) in [6.45, 7) is 0.289. The van der Waals surface area contributed by atoms with Crippen molar-refractivity contribution in [3.05, 3.63) is 0 Å². The number of amides is 3. The zero-order valence-electron chi connectivity index (χ0n) is 8.28. The van der Waals surface area contributed by atoms with Gasteiger partial charge in [0.05, 0.1) is 13.5 Å². The molecule has 0 radical (unpaired) electrons. The summed E-state index contributed by atoms with van der Waals surface area (Å²) in [6, 6.07) is -0.508. The highest BCUT2D eigenvalue weighted by atomic mass is 16.2. The molecule has 76 valence electrons. The molecule has 6 heteroatoms. The lowest BCUT2D eigenvalue weighted by Crippen LogP contribution is -2.61. The largest absolute Gasteiger partial charge is 0.433 e. The Morgan fingerprint density at radius 1 is 1.31 bits per heavy atom. The molecule has 0 heterocycles. The van der Waals surface area contributed by atoms with E-state index in [2.05, 4.69) is 0 Å². The van der Waals surface area contributed by atoms with E-state index in [1.54, 1.807) is 26.2 Å². The first-order chi connectivity index (χ1) is 5.80. The molecule has 6 nitrogen and oxygen atoms in total. The molecular formula is C7H17N4O2+. The van der Waals surface area contributed by atoms with Gasteiger partial charge in [-0.25, -0.2) is 4.79 Å². The predicted molar refractivity (Wildman–Crippen MR) is 48.1 cm³/mol. The van der Waals surface area contributed by atoms with Gasteiger partial charge in [0.1, 0.15) is 6.54 Å². The summed E-state index contributed by atoms with van der Waals surface area (Å²) in [5.74, 6) is -0.438. The normalized spacial score (nSPS) is 15.4. The SMILES string of the molecule is CN(C)[N+](C)(CCC(N)=O)C(N)=O. The van der Waals surface area contributed by atoms with Gasteiger partial charge in [0.15, 0.2) is 0 Å². The zero-order valence-corrected chi connectivity index (χ0v) is 8.28. The molecule has 1 atom stereocenters. The molecule has 0 bridgehead atoms. The zero-order chi connectivity index (χ0) is 10.6. The first-order valence-electron chi connectivity index (χ1n) is 3.92. The van der Waals surface area contributed by atoms with Crippen molar-refractivity contribution in [2.24, 2.45) is 11.5 Å². The topological polar surface area (TPSA) is 89.4 Å². The first-order valence-corrected chi connectivity index (χ1v) is 3.92. The molecule has 3 amide bonds. The maximum atomic E-state index is 11.1. The van der Waals surface area contributed by atoms with Crippen molar-refractivity contribution >= 4 is 11.9 Å². The van der Waals surface area contributed by atoms with Crippen LogP contribution < -0.4 is 11.5 Å². The number of nitrogens with zero attached hydrogens (tertiary/aromatic N) is 2. The molecule has 0 aromatic carbocycles. The third-order valence-corrected chi connectivity index (χ3v) is 2.15. The van der Waals surface area contributed by atoms with Crippen molar-refractivity contribution in [2.45, 2.75) is 6.42 Å². The molecule has 0 aliphatic carbocycles. The number of carbonyl (C=O) groups is 2. The van der Waals surface area contributed by atoms with Gasteiger partial charge in [-0.15, -0.1) is 0 Å². The molecule has 0 rings (SSSR count). The fourth-order valence-corrected chi connectivity index (χ4v) is 0.835. The van der Waals surface area contributed by atoms with Crippen LogP contribution in [0.4, 0.5) is 4.79 Å². The number of nitrogens with two attached hydrogens (primary N) is 2. The van der Waals surface area contributed by atoms with Gasteiger partial charge in [0, 0.05) is 14.1 Å². The molecule has 0 aliphatic heterocycles. The van der Waals surface area contributed by atoms with Crippen LogP contribution in [-0.4, -0.2) is 49.2 Å². The summed E-state index contributed by atoms with van der Waals surface area (Å²) >= 11 is 0. The monoisotopic (exact) mass is 189 g/mol. The van der Waals surface area contributed by atoms with Gasteiger partial charge in [-0.3, -0.25) is 4.79 Å². The Morgan fingerprint density at radius 2 is 1.77 bits per heavy atom. The van der Waals surface area contributed by atoms with E-state index in [1.165, 1.54) is 0 Å². The van der Waals surface area contributed by atoms with E-state index in [9.17, 15) is 9.59 Å². The van der Waals surface area contributed by atoms with E-state index >= 15 is 0 Å². The summed E-state index contributed by atoms with van der Waals surface area (Å²) in [6.07, 6.45) is 0.137. The van der Waals surface area contributed by atoms with Gasteiger partial charge in [-0.05, 0) is 0 Å². The van der Waals surface area contributed by atoms with Crippen LogP contribution in [0.15, 0.2) is 0 Å². The minimum absolute atomic E-state index is 0.122. The second kappa shape index (κ2) is 4.20. The van der Waals surface area contributed by atoms with Crippen molar-refractivity contribution in [3.63, 3.8) is 0 Å². The van der Waals surface area contributed by atoms with Crippen molar-refractivity contribution in [3.8, 4) is 0 Å². The van der Waals surface area contributed by atoms with Crippen LogP contribution >= 0.6 is 0 Å². The molecule has 0 fully saturated rings. The maximum Gasteiger partial charge on any atom is 0.433 e. The summed E-state index contributed by atoms with van der Waals surface area (Å²) in [5, 5.41) is 1.63. The second-order valence-corrected chi connectivity index (χ2v) is 3.26. The average Bonchev–Trinajstić information content (AvgIpc) is 1.99. The van der Waals surface area contributed by atoms with Crippen LogP contribution in [0, 0.1) is 0 Å². The summed E-state index contributed by atoms with van der Waals surface area (Å²) in [7, 11) is 5.06. The molecule has 4 N–H and O–H groups in total. The van der Waals surface area contributed by atoms with Gasteiger partial charge in [0.25, 0.3) is 0 Å². The number of rotatable bonds is 4. The highest BCUT2D eigenvalue weighted by Crippen LogP contribution is 2.05. The fourth-order valence-electron chi connectivity index (χ4n) is 0.835. The Balaban J connectivity index is 4.43. The van der Waals surface area contributed by atoms with Gasteiger partial charge >= 0.3 is 6.03 Å². The van der Waals surface area contributed by atoms with Gasteiger partial charge < -0.3 is 11.5 Å². The lowest BCUT2D eigenvalue weighted by atomic mass is 10.4. The summed E-state index contributed by atoms with van der Waals surface area (Å²) < 4.78 is -0.122. The van der Waals surface area contributed by atoms with Gasteiger partial charge in [-0.2, -0.15) is 9.60 Å². The fraction of sp³-hybridized carbons (Fsp3) is 0.714. The molecule has 0 aromatic rings. The average molecular weight is 189 g/mol. The maximum absolute atomic E-state index is 11.1. The number of quaternary nitrogens is 1. The third-order valence-electron chi connectivity index (χ3n) is 2.15. The number of hydrogen-bond donors (Lipinski definition) is 2. The first kappa shape index (κ1) is 11.9.